The molecule has 3 N–H and O–H groups in total. The molecule has 0 rings (SSSR count). The summed E-state index contributed by atoms with van der Waals surface area (Å²) in [7, 11) is -8.94. The highest BCUT2D eigenvalue weighted by atomic mass is 32.2. The Labute approximate surface area is 133 Å². The summed E-state index contributed by atoms with van der Waals surface area (Å²) in [6.07, 6.45) is -0.629. The van der Waals surface area contributed by atoms with Crippen molar-refractivity contribution < 1.29 is 45.4 Å². The Morgan fingerprint density at radius 3 is 1.83 bits per heavy atom. The second-order valence-corrected chi connectivity index (χ2v) is 8.57. The van der Waals surface area contributed by atoms with Crippen molar-refractivity contribution in [2.24, 2.45) is 5.92 Å². The zero-order valence-electron chi connectivity index (χ0n) is 12.4. The largest absolute Gasteiger partial charge is 0.481 e. The molecule has 0 saturated heterocycles. The Kier molecular flexibility index (Phi) is 7.34. The summed E-state index contributed by atoms with van der Waals surface area (Å²) >= 11 is 0. The van der Waals surface area contributed by atoms with Crippen LogP contribution in [0.15, 0.2) is 12.2 Å². The van der Waals surface area contributed by atoms with Crippen LogP contribution in [0.4, 0.5) is 0 Å². The van der Waals surface area contributed by atoms with Crippen LogP contribution in [0.5, 0.6) is 0 Å². The number of rotatable bonds is 9. The normalized spacial score (nSPS) is 16.2. The van der Waals surface area contributed by atoms with Crippen molar-refractivity contribution in [3.05, 3.63) is 12.2 Å². The third-order valence-corrected chi connectivity index (χ3v) is 5.38. The van der Waals surface area contributed by atoms with Crippen LogP contribution < -0.4 is 0 Å². The number of carboxylic acid groups (broad SMARTS) is 1. The van der Waals surface area contributed by atoms with Gasteiger partial charge in [0.1, 0.15) is 11.9 Å². The van der Waals surface area contributed by atoms with Gasteiger partial charge in [0.15, 0.2) is 0 Å². The summed E-state index contributed by atoms with van der Waals surface area (Å²) in [5.41, 5.74) is -0.615. The van der Waals surface area contributed by atoms with E-state index in [0.29, 0.717) is 0 Å². The van der Waals surface area contributed by atoms with Gasteiger partial charge in [0.2, 0.25) is 0 Å². The van der Waals surface area contributed by atoms with Crippen LogP contribution in [0.3, 0.4) is 0 Å². The predicted octanol–water partition coefficient (Wildman–Crippen LogP) is -0.271. The highest BCUT2D eigenvalue weighted by Crippen LogP contribution is 2.21. The standard InChI is InChI=1S/C11H18O10S2/c1-6(22(15,16)17)4-9(10(12)13)8(3)11(14)21-5-7(2)23(18,19)20/h6-7,9H,3-5H2,1-2H3,(H,12,13)(H,15,16,17)(H,18,19,20). The van der Waals surface area contributed by atoms with Gasteiger partial charge in [-0.1, -0.05) is 6.58 Å². The zero-order chi connectivity index (χ0) is 18.6. The van der Waals surface area contributed by atoms with Gasteiger partial charge in [-0.2, -0.15) is 16.8 Å². The summed E-state index contributed by atoms with van der Waals surface area (Å²) in [5, 5.41) is 6.13. The SMILES string of the molecule is C=C(C(=O)OCC(C)S(=O)(=O)O)C(CC(C)S(=O)(=O)O)C(=O)O. The highest BCUT2D eigenvalue weighted by molar-refractivity contribution is 7.86. The van der Waals surface area contributed by atoms with Crippen molar-refractivity contribution in [2.75, 3.05) is 6.61 Å². The number of carbonyl (C=O) groups excluding carboxylic acids is 1. The van der Waals surface area contributed by atoms with Gasteiger partial charge in [-0.15, -0.1) is 0 Å². The first kappa shape index (κ1) is 21.5. The monoisotopic (exact) mass is 374 g/mol. The Balaban J connectivity index is 4.99. The topological polar surface area (TPSA) is 172 Å². The molecule has 0 aromatic carbocycles. The molecule has 0 spiro atoms. The number of carbonyl (C=O) groups is 2. The molecule has 0 saturated carbocycles. The van der Waals surface area contributed by atoms with Gasteiger partial charge in [-0.25, -0.2) is 4.79 Å². The molecule has 3 atom stereocenters. The average Bonchev–Trinajstić information content (AvgIpc) is 2.37. The average molecular weight is 374 g/mol. The van der Waals surface area contributed by atoms with E-state index in [1.807, 2.05) is 0 Å². The lowest BCUT2D eigenvalue weighted by Crippen LogP contribution is -2.30. The second kappa shape index (κ2) is 7.86. The molecule has 23 heavy (non-hydrogen) atoms. The maximum Gasteiger partial charge on any atom is 0.334 e. The van der Waals surface area contributed by atoms with Crippen LogP contribution in [0.1, 0.15) is 20.3 Å². The van der Waals surface area contributed by atoms with Crippen molar-refractivity contribution in [1.82, 2.24) is 0 Å². The van der Waals surface area contributed by atoms with E-state index in [0.717, 1.165) is 13.8 Å². The molecule has 134 valence electrons. The molecule has 10 nitrogen and oxygen atoms in total. The minimum Gasteiger partial charge on any atom is -0.481 e. The van der Waals surface area contributed by atoms with Crippen LogP contribution in [0.2, 0.25) is 0 Å². The van der Waals surface area contributed by atoms with E-state index in [-0.39, 0.29) is 0 Å². The maximum atomic E-state index is 11.7. The van der Waals surface area contributed by atoms with E-state index < -0.39 is 67.2 Å². The Morgan fingerprint density at radius 1 is 1.04 bits per heavy atom. The lowest BCUT2D eigenvalue weighted by atomic mass is 9.95. The molecule has 12 heteroatoms. The zero-order valence-corrected chi connectivity index (χ0v) is 14.0. The number of esters is 1. The Hall–Kier alpha value is -1.50. The fraction of sp³-hybridized carbons (Fsp3) is 0.636. The molecule has 0 amide bonds. The predicted molar refractivity (Wildman–Crippen MR) is 77.9 cm³/mol. The number of aliphatic carboxylic acids is 1. The number of hydrogen-bond donors (Lipinski definition) is 3. The maximum absolute atomic E-state index is 11.7. The first-order chi connectivity index (χ1) is 10.2. The second-order valence-electron chi connectivity index (χ2n) is 4.90. The van der Waals surface area contributed by atoms with Gasteiger partial charge < -0.3 is 9.84 Å². The minimum atomic E-state index is -4.50. The lowest BCUT2D eigenvalue weighted by molar-refractivity contribution is -0.146. The van der Waals surface area contributed by atoms with Gasteiger partial charge in [0.25, 0.3) is 20.2 Å². The molecule has 0 aliphatic rings. The molecular formula is C11H18O10S2. The van der Waals surface area contributed by atoms with Crippen molar-refractivity contribution in [3.63, 3.8) is 0 Å². The molecule has 0 aliphatic carbocycles. The summed E-state index contributed by atoms with van der Waals surface area (Å²) in [6, 6.07) is 0. The third-order valence-electron chi connectivity index (χ3n) is 3.01. The van der Waals surface area contributed by atoms with E-state index in [1.54, 1.807) is 0 Å². The van der Waals surface area contributed by atoms with Crippen LogP contribution in [-0.2, 0) is 34.6 Å². The van der Waals surface area contributed by atoms with Gasteiger partial charge in [0.05, 0.1) is 11.2 Å². The summed E-state index contributed by atoms with van der Waals surface area (Å²) in [6.45, 7) is 4.57. The Morgan fingerprint density at radius 2 is 1.48 bits per heavy atom. The molecule has 3 unspecified atom stereocenters. The van der Waals surface area contributed by atoms with Crippen LogP contribution in [0, 0.1) is 5.92 Å². The van der Waals surface area contributed by atoms with E-state index >= 15 is 0 Å². The van der Waals surface area contributed by atoms with Crippen LogP contribution in [-0.4, -0.2) is 60.1 Å². The van der Waals surface area contributed by atoms with Crippen molar-refractivity contribution in [2.45, 2.75) is 30.8 Å². The van der Waals surface area contributed by atoms with Crippen molar-refractivity contribution in [1.29, 1.82) is 0 Å². The molecule has 0 aliphatic heterocycles. The van der Waals surface area contributed by atoms with E-state index in [9.17, 15) is 26.4 Å². The van der Waals surface area contributed by atoms with Crippen LogP contribution in [0.25, 0.3) is 0 Å². The molecule has 0 fully saturated rings. The third kappa shape index (κ3) is 7.07. The van der Waals surface area contributed by atoms with Gasteiger partial charge >= 0.3 is 11.9 Å². The molecule has 0 heterocycles. The number of carboxylic acids is 1. The molecule has 0 aromatic rings. The Bertz CT molecular complexity index is 676. The van der Waals surface area contributed by atoms with Crippen molar-refractivity contribution >= 4 is 32.2 Å². The first-order valence-electron chi connectivity index (χ1n) is 6.19. The minimum absolute atomic E-state index is 0.615. The fourth-order valence-corrected chi connectivity index (χ4v) is 2.04. The highest BCUT2D eigenvalue weighted by Gasteiger charge is 2.32. The smallest absolute Gasteiger partial charge is 0.334 e. The van der Waals surface area contributed by atoms with Gasteiger partial charge in [0, 0.05) is 5.57 Å². The summed E-state index contributed by atoms with van der Waals surface area (Å²) in [4.78, 5) is 22.8. The van der Waals surface area contributed by atoms with E-state index in [4.69, 9.17) is 14.2 Å². The fourth-order valence-electron chi connectivity index (χ4n) is 1.36. The quantitative estimate of drug-likeness (QED) is 0.277. The number of hydrogen-bond acceptors (Lipinski definition) is 7. The summed E-state index contributed by atoms with van der Waals surface area (Å²) in [5.74, 6) is -4.47. The van der Waals surface area contributed by atoms with Gasteiger partial charge in [-0.3, -0.25) is 13.9 Å². The van der Waals surface area contributed by atoms with Gasteiger partial charge in [-0.05, 0) is 20.3 Å². The van der Waals surface area contributed by atoms with E-state index in [2.05, 4.69) is 11.3 Å². The number of ether oxygens (including phenoxy) is 1. The molecular weight excluding hydrogens is 356 g/mol. The molecule has 0 radical (unpaired) electrons. The summed E-state index contributed by atoms with van der Waals surface area (Å²) < 4.78 is 65.5. The van der Waals surface area contributed by atoms with E-state index in [1.165, 1.54) is 0 Å². The molecule has 0 aromatic heterocycles. The van der Waals surface area contributed by atoms with Crippen LogP contribution >= 0.6 is 0 Å². The lowest BCUT2D eigenvalue weighted by Gasteiger charge is -2.18. The first-order valence-corrected chi connectivity index (χ1v) is 9.19. The van der Waals surface area contributed by atoms with Crippen molar-refractivity contribution in [3.8, 4) is 0 Å². The molecule has 0 bridgehead atoms.